The Kier molecular flexibility index (Phi) is 2.26. The van der Waals surface area contributed by atoms with Crippen molar-refractivity contribution >= 4 is 17.6 Å². The van der Waals surface area contributed by atoms with E-state index in [-0.39, 0.29) is 5.91 Å². The third kappa shape index (κ3) is 1.33. The molecule has 0 N–H and O–H groups in total. The molecule has 2 aromatic carbocycles. The maximum atomic E-state index is 12.7. The number of hydrogen-bond acceptors (Lipinski definition) is 4. The number of fused-ring (bicyclic) bond motifs is 5. The first kappa shape index (κ1) is 12.1. The van der Waals surface area contributed by atoms with Crippen LogP contribution in [-0.2, 0) is 15.4 Å². The van der Waals surface area contributed by atoms with Crippen molar-refractivity contribution in [3.8, 4) is 0 Å². The lowest BCUT2D eigenvalue weighted by Gasteiger charge is -2.40. The summed E-state index contributed by atoms with van der Waals surface area (Å²) in [7, 11) is 1.42. The van der Waals surface area contributed by atoms with Crippen LogP contribution in [0.15, 0.2) is 48.5 Å². The highest BCUT2D eigenvalue weighted by atomic mass is 16.7. The summed E-state index contributed by atoms with van der Waals surface area (Å²) in [5, 5.41) is 0. The van der Waals surface area contributed by atoms with Gasteiger partial charge in [-0.05, 0) is 24.3 Å². The molecule has 2 aromatic rings. The minimum atomic E-state index is -1.51. The number of hydrogen-bond donors (Lipinski definition) is 0. The second-order valence-corrected chi connectivity index (χ2v) is 4.88. The highest BCUT2D eigenvalue weighted by Crippen LogP contribution is 2.48. The van der Waals surface area contributed by atoms with E-state index in [1.54, 1.807) is 48.5 Å². The summed E-state index contributed by atoms with van der Waals surface area (Å²) in [6, 6.07) is 13.8. The number of ether oxygens (including phenoxy) is 2. The van der Waals surface area contributed by atoms with Gasteiger partial charge in [0.1, 0.15) is 0 Å². The van der Waals surface area contributed by atoms with Crippen LogP contribution in [0.2, 0.25) is 0 Å². The zero-order valence-corrected chi connectivity index (χ0v) is 11.2. The molecule has 0 aliphatic carbocycles. The normalized spacial score (nSPS) is 22.4. The van der Waals surface area contributed by atoms with E-state index in [1.165, 1.54) is 12.0 Å². The summed E-state index contributed by atoms with van der Waals surface area (Å²) in [5.74, 6) is -2.26. The number of carbonyl (C=O) groups is 2. The summed E-state index contributed by atoms with van der Waals surface area (Å²) in [6.45, 7) is 0. The van der Waals surface area contributed by atoms with Crippen molar-refractivity contribution in [2.24, 2.45) is 0 Å². The minimum absolute atomic E-state index is 0.243. The molecule has 1 amide bonds. The Morgan fingerprint density at radius 2 is 1.67 bits per heavy atom. The number of amides is 1. The van der Waals surface area contributed by atoms with Gasteiger partial charge in [-0.2, -0.15) is 0 Å². The number of methoxy groups -OCH3 is 1. The van der Waals surface area contributed by atoms with E-state index in [1.807, 2.05) is 0 Å². The molecule has 21 heavy (non-hydrogen) atoms. The lowest BCUT2D eigenvalue weighted by Crippen LogP contribution is -2.52. The van der Waals surface area contributed by atoms with Crippen LogP contribution < -0.4 is 4.90 Å². The molecule has 0 saturated carbocycles. The van der Waals surface area contributed by atoms with Gasteiger partial charge in [0.15, 0.2) is 0 Å². The molecular weight excluding hydrogens is 270 g/mol. The van der Waals surface area contributed by atoms with Crippen molar-refractivity contribution in [1.82, 2.24) is 0 Å². The van der Waals surface area contributed by atoms with E-state index in [0.717, 1.165) is 0 Å². The Hall–Kier alpha value is -2.66. The lowest BCUT2D eigenvalue weighted by atomic mass is 10.1. The number of para-hydroxylation sites is 1. The Bertz CT molecular complexity index is 785. The maximum Gasteiger partial charge on any atom is 0.344 e. The van der Waals surface area contributed by atoms with Gasteiger partial charge >= 0.3 is 11.9 Å². The van der Waals surface area contributed by atoms with Crippen LogP contribution in [0.4, 0.5) is 5.69 Å². The summed E-state index contributed by atoms with van der Waals surface area (Å²) in [5.41, 5.74) is 1.87. The summed E-state index contributed by atoms with van der Waals surface area (Å²) in [6.07, 6.45) is 0. The second-order valence-electron chi connectivity index (χ2n) is 4.88. The van der Waals surface area contributed by atoms with Gasteiger partial charge in [0, 0.05) is 7.11 Å². The smallest absolute Gasteiger partial charge is 0.344 e. The average Bonchev–Trinajstić information content (AvgIpc) is 2.78. The molecule has 0 fully saturated rings. The zero-order valence-electron chi connectivity index (χ0n) is 11.2. The topological polar surface area (TPSA) is 55.8 Å². The van der Waals surface area contributed by atoms with Gasteiger partial charge in [0.25, 0.3) is 5.91 Å². The van der Waals surface area contributed by atoms with Gasteiger partial charge in [-0.1, -0.05) is 24.3 Å². The summed E-state index contributed by atoms with van der Waals surface area (Å²) < 4.78 is 11.0. The number of rotatable bonds is 1. The second kappa shape index (κ2) is 3.93. The van der Waals surface area contributed by atoms with Crippen molar-refractivity contribution in [2.75, 3.05) is 12.0 Å². The first-order valence-corrected chi connectivity index (χ1v) is 6.50. The molecule has 2 heterocycles. The highest BCUT2D eigenvalue weighted by Gasteiger charge is 2.58. The fourth-order valence-corrected chi connectivity index (χ4v) is 2.95. The molecule has 104 valence electrons. The number of anilines is 1. The molecule has 0 aromatic heterocycles. The first-order valence-electron chi connectivity index (χ1n) is 6.50. The van der Waals surface area contributed by atoms with Gasteiger partial charge in [-0.3, -0.25) is 4.79 Å². The fraction of sp³-hybridized carbons (Fsp3) is 0.125. The van der Waals surface area contributed by atoms with Gasteiger partial charge < -0.3 is 9.47 Å². The van der Waals surface area contributed by atoms with Crippen molar-refractivity contribution in [1.29, 1.82) is 0 Å². The van der Waals surface area contributed by atoms with Gasteiger partial charge in [-0.15, -0.1) is 0 Å². The van der Waals surface area contributed by atoms with E-state index in [4.69, 9.17) is 9.47 Å². The largest absolute Gasteiger partial charge is 0.405 e. The van der Waals surface area contributed by atoms with Gasteiger partial charge in [0.05, 0.1) is 22.4 Å². The molecule has 0 spiro atoms. The Morgan fingerprint density at radius 1 is 1.00 bits per heavy atom. The van der Waals surface area contributed by atoms with Crippen LogP contribution in [0, 0.1) is 0 Å². The maximum absolute atomic E-state index is 12.7. The van der Waals surface area contributed by atoms with Crippen molar-refractivity contribution < 1.29 is 19.1 Å². The summed E-state index contributed by atoms with van der Waals surface area (Å²) >= 11 is 0. The van der Waals surface area contributed by atoms with E-state index >= 15 is 0 Å². The number of carbonyl (C=O) groups excluding carboxylic acids is 2. The van der Waals surface area contributed by atoms with Crippen molar-refractivity contribution in [3.05, 3.63) is 65.2 Å². The van der Waals surface area contributed by atoms with E-state index < -0.39 is 11.9 Å². The quantitative estimate of drug-likeness (QED) is 0.752. The highest BCUT2D eigenvalue weighted by molar-refractivity contribution is 6.15. The molecule has 2 aliphatic heterocycles. The molecule has 5 nitrogen and oxygen atoms in total. The van der Waals surface area contributed by atoms with Gasteiger partial charge in [0.2, 0.25) is 0 Å². The Labute approximate surface area is 120 Å². The molecule has 4 rings (SSSR count). The third-order valence-electron chi connectivity index (χ3n) is 3.87. The minimum Gasteiger partial charge on any atom is -0.405 e. The van der Waals surface area contributed by atoms with E-state index in [2.05, 4.69) is 0 Å². The predicted molar refractivity (Wildman–Crippen MR) is 73.8 cm³/mol. The molecule has 0 radical (unpaired) electrons. The van der Waals surface area contributed by atoms with Crippen molar-refractivity contribution in [2.45, 2.75) is 5.91 Å². The van der Waals surface area contributed by atoms with Crippen LogP contribution >= 0.6 is 0 Å². The van der Waals surface area contributed by atoms with E-state index in [0.29, 0.717) is 22.4 Å². The molecule has 2 aliphatic rings. The lowest BCUT2D eigenvalue weighted by molar-refractivity contribution is -0.190. The average molecular weight is 281 g/mol. The zero-order chi connectivity index (χ0) is 14.6. The monoisotopic (exact) mass is 281 g/mol. The van der Waals surface area contributed by atoms with E-state index in [9.17, 15) is 9.59 Å². The number of esters is 1. The number of benzene rings is 2. The van der Waals surface area contributed by atoms with Crippen LogP contribution in [0.25, 0.3) is 0 Å². The molecular formula is C16H11NO4. The Morgan fingerprint density at radius 3 is 2.43 bits per heavy atom. The third-order valence-corrected chi connectivity index (χ3v) is 3.87. The molecule has 0 bridgehead atoms. The SMILES string of the molecule is COC12OC(=O)c3ccccc3N1C(=O)c1ccccc12. The van der Waals surface area contributed by atoms with Crippen LogP contribution in [0.5, 0.6) is 0 Å². The predicted octanol–water partition coefficient (Wildman–Crippen LogP) is 2.27. The van der Waals surface area contributed by atoms with Crippen LogP contribution in [0.3, 0.4) is 0 Å². The fourth-order valence-electron chi connectivity index (χ4n) is 2.95. The Balaban J connectivity index is 2.05. The molecule has 0 saturated heterocycles. The number of nitrogens with zero attached hydrogens (tertiary/aromatic N) is 1. The molecule has 1 unspecified atom stereocenters. The van der Waals surface area contributed by atoms with Crippen molar-refractivity contribution in [3.63, 3.8) is 0 Å². The molecule has 5 heteroatoms. The van der Waals surface area contributed by atoms with Crippen LogP contribution in [0.1, 0.15) is 26.3 Å². The first-order chi connectivity index (χ1) is 10.2. The molecule has 1 atom stereocenters. The van der Waals surface area contributed by atoms with Crippen LogP contribution in [-0.4, -0.2) is 19.0 Å². The summed E-state index contributed by atoms with van der Waals surface area (Å²) in [4.78, 5) is 26.4. The van der Waals surface area contributed by atoms with Gasteiger partial charge in [-0.25, -0.2) is 9.69 Å². The standard InChI is InChI=1S/C16H11NO4/c1-20-16-12-8-4-2-6-10(12)14(18)17(16)13-9-5-3-7-11(13)15(19)21-16/h2-9H,1H3.